The molecule has 18 heteroatoms. The molecule has 0 unspecified atom stereocenters. The average Bonchev–Trinajstić information content (AvgIpc) is 3.44. The summed E-state index contributed by atoms with van der Waals surface area (Å²) in [4.78, 5) is 34.3. The van der Waals surface area contributed by atoms with Gasteiger partial charge >= 0.3 is 7.60 Å². The molecule has 2 aromatic heterocycles. The predicted octanol–water partition coefficient (Wildman–Crippen LogP) is -0.309. The predicted molar refractivity (Wildman–Crippen MR) is 162 cm³/mol. The third-order valence-corrected chi connectivity index (χ3v) is 10.4. The van der Waals surface area contributed by atoms with E-state index in [9.17, 15) is 22.8 Å². The minimum atomic E-state index is -3.99. The monoisotopic (exact) mass is 642 g/mol. The Morgan fingerprint density at radius 1 is 0.977 bits per heavy atom. The molecule has 240 valence electrons. The van der Waals surface area contributed by atoms with Crippen molar-refractivity contribution in [2.24, 2.45) is 0 Å². The van der Waals surface area contributed by atoms with E-state index < -0.39 is 17.4 Å². The minimum Gasteiger partial charge on any atom is -0.378 e. The molecule has 2 aromatic rings. The van der Waals surface area contributed by atoms with Crippen LogP contribution in [0.2, 0.25) is 0 Å². The molecule has 0 radical (unpaired) electrons. The molecule has 3 fully saturated rings. The summed E-state index contributed by atoms with van der Waals surface area (Å²) in [7, 11) is -6.86. The molecule has 0 bridgehead atoms. The van der Waals surface area contributed by atoms with Gasteiger partial charge in [-0.1, -0.05) is 5.21 Å². The number of ether oxygens (including phenoxy) is 1. The number of nitrogens with zero attached hydrogens (tertiary/aromatic N) is 8. The lowest BCUT2D eigenvalue weighted by Gasteiger charge is -2.33. The van der Waals surface area contributed by atoms with E-state index >= 15 is 0 Å². The summed E-state index contributed by atoms with van der Waals surface area (Å²) < 4.78 is 41.8. The molecule has 0 aliphatic carbocycles. The zero-order chi connectivity index (χ0) is 30.3. The van der Waals surface area contributed by atoms with Gasteiger partial charge in [0.1, 0.15) is 17.3 Å². The summed E-state index contributed by atoms with van der Waals surface area (Å²) >= 11 is 0. The third kappa shape index (κ3) is 10.3. The van der Waals surface area contributed by atoms with Crippen LogP contribution in [0.3, 0.4) is 0 Å². The maximum absolute atomic E-state index is 11.6. The minimum absolute atomic E-state index is 0.116. The highest BCUT2D eigenvalue weighted by molar-refractivity contribution is 7.91. The Morgan fingerprint density at radius 2 is 1.70 bits per heavy atom. The van der Waals surface area contributed by atoms with Crippen LogP contribution in [-0.2, 0) is 32.2 Å². The molecule has 5 heterocycles. The van der Waals surface area contributed by atoms with Crippen molar-refractivity contribution in [3.8, 4) is 0 Å². The summed E-state index contributed by atoms with van der Waals surface area (Å²) in [5, 5.41) is 15.4. The van der Waals surface area contributed by atoms with Crippen LogP contribution < -0.4 is 15.5 Å². The number of rotatable bonds is 13. The Balaban J connectivity index is 1.14. The van der Waals surface area contributed by atoms with E-state index in [0.717, 1.165) is 69.3 Å². The molecule has 4 N–H and O–H groups in total. The lowest BCUT2D eigenvalue weighted by Crippen LogP contribution is -2.40. The van der Waals surface area contributed by atoms with E-state index in [0.29, 0.717) is 51.9 Å². The van der Waals surface area contributed by atoms with Crippen molar-refractivity contribution < 1.29 is 27.5 Å². The summed E-state index contributed by atoms with van der Waals surface area (Å²) in [5.74, 6) is 2.50. The molecule has 0 saturated carbocycles. The fraction of sp³-hybridized carbons (Fsp3) is 0.760. The molecule has 16 nitrogen and oxygen atoms in total. The van der Waals surface area contributed by atoms with Crippen molar-refractivity contribution >= 4 is 35.0 Å². The average molecular weight is 643 g/mol. The Hall–Kier alpha value is -2.40. The number of anilines is 3. The van der Waals surface area contributed by atoms with Crippen LogP contribution >= 0.6 is 7.60 Å². The standard InChI is InChI=1S/C25H43N10O6PS/c36-42(37,38)15-10-33-6-2-21(3-7-33)27-23-18-24(34-8-13-41-14-9-34)29-25(28-23)26-19-22-20-35(31-30-22)5-1-4-32-11-16-43(39,40)17-12-32/h18,20-21H,1-17,19H2,(H2,36,37,38)(H2,26,27,28,29). The van der Waals surface area contributed by atoms with Crippen LogP contribution in [-0.4, -0.2) is 142 Å². The molecule has 3 aliphatic heterocycles. The van der Waals surface area contributed by atoms with Crippen LogP contribution in [0.1, 0.15) is 25.0 Å². The first kappa shape index (κ1) is 32.0. The number of piperidine rings is 1. The molecule has 0 atom stereocenters. The van der Waals surface area contributed by atoms with Gasteiger partial charge in [-0.15, -0.1) is 5.10 Å². The summed E-state index contributed by atoms with van der Waals surface area (Å²) in [6.45, 7) is 7.82. The number of hydrogen-bond donors (Lipinski definition) is 4. The van der Waals surface area contributed by atoms with Gasteiger partial charge in [-0.3, -0.25) is 9.25 Å². The third-order valence-electron chi connectivity index (χ3n) is 8.01. The number of nitrogens with one attached hydrogen (secondary N) is 2. The Morgan fingerprint density at radius 3 is 2.42 bits per heavy atom. The quantitative estimate of drug-likeness (QED) is 0.208. The highest BCUT2D eigenvalue weighted by Gasteiger charge is 2.24. The molecule has 0 spiro atoms. The summed E-state index contributed by atoms with van der Waals surface area (Å²) in [6, 6.07) is 2.16. The first-order chi connectivity index (χ1) is 20.6. The lowest BCUT2D eigenvalue weighted by atomic mass is 10.1. The lowest BCUT2D eigenvalue weighted by molar-refractivity contribution is 0.122. The van der Waals surface area contributed by atoms with Crippen molar-refractivity contribution in [3.05, 3.63) is 18.0 Å². The van der Waals surface area contributed by atoms with E-state index in [4.69, 9.17) is 14.7 Å². The first-order valence-electron chi connectivity index (χ1n) is 14.9. The van der Waals surface area contributed by atoms with Gasteiger partial charge in [0.25, 0.3) is 0 Å². The maximum Gasteiger partial charge on any atom is 0.326 e. The molecule has 0 aromatic carbocycles. The van der Waals surface area contributed by atoms with Gasteiger partial charge in [0, 0.05) is 64.5 Å². The van der Waals surface area contributed by atoms with E-state index in [1.165, 1.54) is 0 Å². The fourth-order valence-electron chi connectivity index (χ4n) is 5.45. The number of hydrogen-bond acceptors (Lipinski definition) is 13. The van der Waals surface area contributed by atoms with E-state index in [-0.39, 0.29) is 23.7 Å². The van der Waals surface area contributed by atoms with Crippen molar-refractivity contribution in [3.63, 3.8) is 0 Å². The number of aromatic nitrogens is 5. The summed E-state index contributed by atoms with van der Waals surface area (Å²) in [5.41, 5.74) is 0.765. The van der Waals surface area contributed by atoms with Gasteiger partial charge in [-0.2, -0.15) is 9.97 Å². The molecule has 0 amide bonds. The van der Waals surface area contributed by atoms with Gasteiger partial charge in [-0.25, -0.2) is 8.42 Å². The summed E-state index contributed by atoms with van der Waals surface area (Å²) in [6.07, 6.45) is 4.34. The highest BCUT2D eigenvalue weighted by atomic mass is 32.2. The van der Waals surface area contributed by atoms with Gasteiger partial charge in [0.2, 0.25) is 5.95 Å². The molecule has 5 rings (SSSR count). The normalized spacial score (nSPS) is 20.7. The van der Waals surface area contributed by atoms with E-state index in [1.807, 2.05) is 16.9 Å². The van der Waals surface area contributed by atoms with Crippen LogP contribution in [0.5, 0.6) is 0 Å². The molecule has 3 aliphatic rings. The number of morpholine rings is 1. The van der Waals surface area contributed by atoms with Crippen LogP contribution in [0.15, 0.2) is 12.3 Å². The molecular formula is C25H43N10O6PS. The SMILES string of the molecule is O=P(O)(O)CCN1CCC(Nc2cc(N3CCOCC3)nc(NCc3cn(CCCN4CCS(=O)(=O)CC4)nn3)n2)CC1. The smallest absolute Gasteiger partial charge is 0.326 e. The topological polar surface area (TPSA) is 191 Å². The number of likely N-dealkylation sites (tertiary alicyclic amines) is 1. The largest absolute Gasteiger partial charge is 0.378 e. The Labute approximate surface area is 252 Å². The molecular weight excluding hydrogens is 599 g/mol. The van der Waals surface area contributed by atoms with Crippen molar-refractivity contribution in [2.45, 2.75) is 38.4 Å². The number of sulfone groups is 1. The first-order valence-corrected chi connectivity index (χ1v) is 18.5. The maximum atomic E-state index is 11.6. The van der Waals surface area contributed by atoms with Crippen LogP contribution in [0.4, 0.5) is 17.6 Å². The zero-order valence-electron chi connectivity index (χ0n) is 24.4. The highest BCUT2D eigenvalue weighted by Crippen LogP contribution is 2.34. The van der Waals surface area contributed by atoms with E-state index in [1.54, 1.807) is 0 Å². The van der Waals surface area contributed by atoms with Gasteiger partial charge < -0.3 is 39.9 Å². The van der Waals surface area contributed by atoms with Gasteiger partial charge in [0.15, 0.2) is 9.84 Å². The Kier molecular flexibility index (Phi) is 10.9. The van der Waals surface area contributed by atoms with E-state index in [2.05, 4.69) is 35.6 Å². The second kappa shape index (κ2) is 14.6. The molecule has 3 saturated heterocycles. The number of aryl methyl sites for hydroxylation is 1. The van der Waals surface area contributed by atoms with Crippen molar-refractivity contribution in [1.29, 1.82) is 0 Å². The van der Waals surface area contributed by atoms with Crippen molar-refractivity contribution in [2.75, 3.05) is 98.8 Å². The fourth-order valence-corrected chi connectivity index (χ4v) is 7.27. The second-order valence-corrected chi connectivity index (χ2v) is 15.4. The second-order valence-electron chi connectivity index (χ2n) is 11.4. The van der Waals surface area contributed by atoms with Crippen molar-refractivity contribution in [1.82, 2.24) is 34.8 Å². The van der Waals surface area contributed by atoms with Gasteiger partial charge in [0.05, 0.1) is 43.6 Å². The zero-order valence-corrected chi connectivity index (χ0v) is 26.1. The Bertz CT molecular complexity index is 1330. The van der Waals surface area contributed by atoms with Crippen LogP contribution in [0.25, 0.3) is 0 Å². The van der Waals surface area contributed by atoms with Crippen LogP contribution in [0, 0.1) is 0 Å². The molecule has 43 heavy (non-hydrogen) atoms. The van der Waals surface area contributed by atoms with Gasteiger partial charge in [-0.05, 0) is 25.8 Å².